The Morgan fingerprint density at radius 1 is 1.53 bits per heavy atom. The van der Waals surface area contributed by atoms with E-state index in [4.69, 9.17) is 5.73 Å². The van der Waals surface area contributed by atoms with Crippen molar-refractivity contribution in [1.29, 1.82) is 0 Å². The van der Waals surface area contributed by atoms with Gasteiger partial charge in [-0.1, -0.05) is 12.8 Å². The maximum absolute atomic E-state index is 13.8. The second-order valence-corrected chi connectivity index (χ2v) is 4.74. The van der Waals surface area contributed by atoms with Gasteiger partial charge < -0.3 is 15.7 Å². The molecule has 1 atom stereocenters. The molecule has 0 aliphatic carbocycles. The van der Waals surface area contributed by atoms with Crippen molar-refractivity contribution in [3.05, 3.63) is 23.6 Å². The summed E-state index contributed by atoms with van der Waals surface area (Å²) in [6.07, 6.45) is 4.91. The summed E-state index contributed by atoms with van der Waals surface area (Å²) in [5, 5.41) is 9.38. The van der Waals surface area contributed by atoms with Gasteiger partial charge in [0.2, 0.25) is 0 Å². The summed E-state index contributed by atoms with van der Waals surface area (Å²) in [4.78, 5) is 17.5. The van der Waals surface area contributed by atoms with Crippen molar-refractivity contribution < 1.29 is 14.3 Å². The number of likely N-dealkylation sites (tertiary alicyclic amines) is 1. The lowest BCUT2D eigenvalue weighted by molar-refractivity contribution is 0.0595. The van der Waals surface area contributed by atoms with E-state index in [1.165, 1.54) is 12.3 Å². The zero-order valence-corrected chi connectivity index (χ0v) is 10.7. The van der Waals surface area contributed by atoms with Crippen molar-refractivity contribution >= 4 is 11.7 Å². The number of carbonyl (C=O) groups is 1. The number of hydrogen-bond donors (Lipinski definition) is 2. The summed E-state index contributed by atoms with van der Waals surface area (Å²) in [6.45, 7) is 0.430. The second kappa shape index (κ2) is 5.97. The van der Waals surface area contributed by atoms with E-state index in [2.05, 4.69) is 4.98 Å². The lowest BCUT2D eigenvalue weighted by Gasteiger charge is -2.28. The molecule has 6 heteroatoms. The Balaban J connectivity index is 2.28. The van der Waals surface area contributed by atoms with Crippen LogP contribution in [0, 0.1) is 5.82 Å². The Kier molecular flexibility index (Phi) is 4.31. The Labute approximate surface area is 111 Å². The van der Waals surface area contributed by atoms with Crippen LogP contribution in [-0.4, -0.2) is 40.1 Å². The monoisotopic (exact) mass is 267 g/mol. The summed E-state index contributed by atoms with van der Waals surface area (Å²) < 4.78 is 13.8. The van der Waals surface area contributed by atoms with E-state index in [0.717, 1.165) is 25.7 Å². The predicted octanol–water partition coefficient (Wildman–Crippen LogP) is 1.18. The molecule has 1 aliphatic heterocycles. The quantitative estimate of drug-likeness (QED) is 0.843. The number of amides is 1. The van der Waals surface area contributed by atoms with E-state index in [0.29, 0.717) is 6.54 Å². The molecule has 1 unspecified atom stereocenters. The fraction of sp³-hybridized carbons (Fsp3) is 0.538. The van der Waals surface area contributed by atoms with Gasteiger partial charge in [0.05, 0.1) is 18.2 Å². The van der Waals surface area contributed by atoms with Crippen molar-refractivity contribution in [2.45, 2.75) is 31.7 Å². The molecular formula is C13H18FN3O2. The van der Waals surface area contributed by atoms with Crippen LogP contribution in [0.1, 0.15) is 36.0 Å². The molecular weight excluding hydrogens is 249 g/mol. The Morgan fingerprint density at radius 3 is 3.05 bits per heavy atom. The van der Waals surface area contributed by atoms with Crippen molar-refractivity contribution in [2.75, 3.05) is 18.9 Å². The number of nitrogens with zero attached hydrogens (tertiary/aromatic N) is 2. The van der Waals surface area contributed by atoms with E-state index in [1.807, 2.05) is 0 Å². The lowest BCUT2D eigenvalue weighted by atomic mass is 10.1. The van der Waals surface area contributed by atoms with E-state index in [9.17, 15) is 14.3 Å². The standard InChI is InChI=1S/C13H18FN3O2/c14-11-10(5-6-16-12(11)15)13(19)17-7-3-1-2-4-9(17)8-18/h5-6,9,18H,1-4,7-8H2,(H2,15,16). The van der Waals surface area contributed by atoms with Crippen molar-refractivity contribution in [1.82, 2.24) is 9.88 Å². The Bertz CT molecular complexity index is 467. The van der Waals surface area contributed by atoms with Gasteiger partial charge in [0.1, 0.15) is 0 Å². The van der Waals surface area contributed by atoms with Crippen LogP contribution >= 0.6 is 0 Å². The highest BCUT2D eigenvalue weighted by atomic mass is 19.1. The van der Waals surface area contributed by atoms with Gasteiger partial charge in [0.25, 0.3) is 5.91 Å². The average molecular weight is 267 g/mol. The van der Waals surface area contributed by atoms with Crippen LogP contribution in [0.3, 0.4) is 0 Å². The summed E-state index contributed by atoms with van der Waals surface area (Å²) in [7, 11) is 0. The minimum absolute atomic E-state index is 0.0761. The molecule has 19 heavy (non-hydrogen) atoms. The summed E-state index contributed by atoms with van der Waals surface area (Å²) in [6, 6.07) is 1.08. The number of nitrogens with two attached hydrogens (primary N) is 1. The normalized spacial score (nSPS) is 20.1. The summed E-state index contributed by atoms with van der Waals surface area (Å²) >= 11 is 0. The molecule has 0 bridgehead atoms. The first kappa shape index (κ1) is 13.7. The molecule has 3 N–H and O–H groups in total. The lowest BCUT2D eigenvalue weighted by Crippen LogP contribution is -2.42. The largest absolute Gasteiger partial charge is 0.394 e. The third-order valence-corrected chi connectivity index (χ3v) is 3.50. The van der Waals surface area contributed by atoms with Gasteiger partial charge in [-0.25, -0.2) is 9.37 Å². The zero-order chi connectivity index (χ0) is 13.8. The minimum Gasteiger partial charge on any atom is -0.394 e. The van der Waals surface area contributed by atoms with E-state index >= 15 is 0 Å². The number of aromatic nitrogens is 1. The van der Waals surface area contributed by atoms with Crippen LogP contribution in [0.2, 0.25) is 0 Å². The highest BCUT2D eigenvalue weighted by molar-refractivity contribution is 5.95. The topological polar surface area (TPSA) is 79.5 Å². The molecule has 1 aromatic rings. The van der Waals surface area contributed by atoms with E-state index in [1.54, 1.807) is 4.90 Å². The molecule has 0 spiro atoms. The first-order valence-electron chi connectivity index (χ1n) is 6.47. The third-order valence-electron chi connectivity index (χ3n) is 3.50. The predicted molar refractivity (Wildman–Crippen MR) is 69.0 cm³/mol. The third kappa shape index (κ3) is 2.84. The van der Waals surface area contributed by atoms with Crippen molar-refractivity contribution in [3.8, 4) is 0 Å². The number of rotatable bonds is 2. The first-order chi connectivity index (χ1) is 9.15. The molecule has 104 valence electrons. The molecule has 1 saturated heterocycles. The molecule has 1 aliphatic rings. The van der Waals surface area contributed by atoms with Gasteiger partial charge in [0, 0.05) is 12.7 Å². The highest BCUT2D eigenvalue weighted by Crippen LogP contribution is 2.21. The van der Waals surface area contributed by atoms with Gasteiger partial charge in [-0.3, -0.25) is 4.79 Å². The summed E-state index contributed by atoms with van der Waals surface area (Å²) in [5.74, 6) is -1.48. The molecule has 5 nitrogen and oxygen atoms in total. The van der Waals surface area contributed by atoms with Gasteiger partial charge in [0.15, 0.2) is 11.6 Å². The number of hydrogen-bond acceptors (Lipinski definition) is 4. The number of pyridine rings is 1. The number of anilines is 1. The second-order valence-electron chi connectivity index (χ2n) is 4.74. The van der Waals surface area contributed by atoms with Crippen LogP contribution < -0.4 is 5.73 Å². The van der Waals surface area contributed by atoms with E-state index in [-0.39, 0.29) is 24.0 Å². The number of aliphatic hydroxyl groups excluding tert-OH is 1. The van der Waals surface area contributed by atoms with Gasteiger partial charge >= 0.3 is 0 Å². The number of aliphatic hydroxyl groups is 1. The van der Waals surface area contributed by atoms with Crippen LogP contribution in [0.15, 0.2) is 12.3 Å². The van der Waals surface area contributed by atoms with Crippen LogP contribution in [-0.2, 0) is 0 Å². The van der Waals surface area contributed by atoms with Gasteiger partial charge in [-0.05, 0) is 18.9 Å². The molecule has 0 saturated carbocycles. The molecule has 2 rings (SSSR count). The van der Waals surface area contributed by atoms with Crippen molar-refractivity contribution in [2.24, 2.45) is 0 Å². The SMILES string of the molecule is Nc1nccc(C(=O)N2CCCCCC2CO)c1F. The molecule has 1 fully saturated rings. The molecule has 0 radical (unpaired) electrons. The smallest absolute Gasteiger partial charge is 0.257 e. The molecule has 0 aromatic carbocycles. The fourth-order valence-electron chi connectivity index (χ4n) is 2.41. The van der Waals surface area contributed by atoms with Crippen LogP contribution in [0.5, 0.6) is 0 Å². The number of carbonyl (C=O) groups excluding carboxylic acids is 1. The molecule has 1 amide bonds. The maximum Gasteiger partial charge on any atom is 0.257 e. The Morgan fingerprint density at radius 2 is 2.32 bits per heavy atom. The van der Waals surface area contributed by atoms with Gasteiger partial charge in [-0.2, -0.15) is 0 Å². The van der Waals surface area contributed by atoms with Crippen molar-refractivity contribution in [3.63, 3.8) is 0 Å². The first-order valence-corrected chi connectivity index (χ1v) is 6.47. The Hall–Kier alpha value is -1.69. The van der Waals surface area contributed by atoms with Crippen LogP contribution in [0.4, 0.5) is 10.2 Å². The number of nitrogen functional groups attached to an aromatic ring is 1. The summed E-state index contributed by atoms with van der Waals surface area (Å²) in [5.41, 5.74) is 5.30. The van der Waals surface area contributed by atoms with Crippen LogP contribution in [0.25, 0.3) is 0 Å². The minimum atomic E-state index is -0.784. The van der Waals surface area contributed by atoms with Gasteiger partial charge in [-0.15, -0.1) is 0 Å². The zero-order valence-electron chi connectivity index (χ0n) is 10.7. The van der Waals surface area contributed by atoms with E-state index < -0.39 is 11.7 Å². The fourth-order valence-corrected chi connectivity index (χ4v) is 2.41. The molecule has 2 heterocycles. The highest BCUT2D eigenvalue weighted by Gasteiger charge is 2.28. The number of halogens is 1. The maximum atomic E-state index is 13.8. The molecule has 1 aromatic heterocycles. The average Bonchev–Trinajstić information content (AvgIpc) is 2.66.